The fourth-order valence-corrected chi connectivity index (χ4v) is 2.19. The number of nitrogens with one attached hydrogen (secondary N) is 1. The zero-order valence-electron chi connectivity index (χ0n) is 11.9. The van der Waals surface area contributed by atoms with E-state index in [1.165, 1.54) is 24.2 Å². The van der Waals surface area contributed by atoms with Crippen molar-refractivity contribution >= 4 is 0 Å². The molecule has 1 aliphatic rings. The van der Waals surface area contributed by atoms with Gasteiger partial charge in [0.15, 0.2) is 0 Å². The molecule has 2 rings (SSSR count). The van der Waals surface area contributed by atoms with E-state index in [-0.39, 0.29) is 0 Å². The standard InChI is InChI=1S/C14H26N4/c1-4-12-10-14(18(5-2)16-12)11-17(3)9-8-15-13-6-7-13/h10,13,15H,4-9,11H2,1-3H3. The normalized spacial score (nSPS) is 15.6. The molecule has 0 aromatic carbocycles. The Morgan fingerprint density at radius 2 is 2.22 bits per heavy atom. The molecule has 1 aromatic rings. The maximum Gasteiger partial charge on any atom is 0.0625 e. The SMILES string of the molecule is CCc1cc(CN(C)CCNC2CC2)n(CC)n1. The van der Waals surface area contributed by atoms with Gasteiger partial charge in [0.2, 0.25) is 0 Å². The summed E-state index contributed by atoms with van der Waals surface area (Å²) in [5.74, 6) is 0. The Morgan fingerprint density at radius 3 is 2.83 bits per heavy atom. The van der Waals surface area contributed by atoms with Crippen LogP contribution in [0.2, 0.25) is 0 Å². The van der Waals surface area contributed by atoms with Crippen LogP contribution in [-0.4, -0.2) is 40.9 Å². The van der Waals surface area contributed by atoms with E-state index in [1.54, 1.807) is 0 Å². The summed E-state index contributed by atoms with van der Waals surface area (Å²) in [4.78, 5) is 2.37. The highest BCUT2D eigenvalue weighted by atomic mass is 15.3. The van der Waals surface area contributed by atoms with Crippen molar-refractivity contribution in [3.63, 3.8) is 0 Å². The Balaban J connectivity index is 1.80. The van der Waals surface area contributed by atoms with Crippen molar-refractivity contribution < 1.29 is 0 Å². The van der Waals surface area contributed by atoms with Crippen LogP contribution < -0.4 is 5.32 Å². The predicted molar refractivity (Wildman–Crippen MR) is 74.6 cm³/mol. The Labute approximate surface area is 110 Å². The van der Waals surface area contributed by atoms with E-state index >= 15 is 0 Å². The van der Waals surface area contributed by atoms with E-state index in [1.807, 2.05) is 0 Å². The molecule has 4 heteroatoms. The maximum absolute atomic E-state index is 4.59. The first kappa shape index (κ1) is 13.6. The van der Waals surface area contributed by atoms with Crippen molar-refractivity contribution in [3.05, 3.63) is 17.5 Å². The number of nitrogens with zero attached hydrogens (tertiary/aromatic N) is 3. The quantitative estimate of drug-likeness (QED) is 0.761. The molecule has 1 fully saturated rings. The molecule has 0 amide bonds. The van der Waals surface area contributed by atoms with E-state index in [0.717, 1.165) is 38.6 Å². The van der Waals surface area contributed by atoms with Crippen LogP contribution in [0.5, 0.6) is 0 Å². The molecule has 1 aliphatic carbocycles. The number of rotatable bonds is 8. The lowest BCUT2D eigenvalue weighted by molar-refractivity contribution is 0.313. The van der Waals surface area contributed by atoms with Gasteiger partial charge in [-0.1, -0.05) is 6.92 Å². The zero-order chi connectivity index (χ0) is 13.0. The van der Waals surface area contributed by atoms with Crippen LogP contribution in [0.25, 0.3) is 0 Å². The van der Waals surface area contributed by atoms with Crippen molar-refractivity contribution in [1.82, 2.24) is 20.0 Å². The van der Waals surface area contributed by atoms with Gasteiger partial charge in [-0.05, 0) is 39.3 Å². The highest BCUT2D eigenvalue weighted by Gasteiger charge is 2.19. The lowest BCUT2D eigenvalue weighted by Crippen LogP contribution is -2.30. The Hall–Kier alpha value is -0.870. The van der Waals surface area contributed by atoms with Gasteiger partial charge >= 0.3 is 0 Å². The Kier molecular flexibility index (Phi) is 4.78. The molecule has 0 spiro atoms. The number of aromatic nitrogens is 2. The second kappa shape index (κ2) is 6.34. The summed E-state index contributed by atoms with van der Waals surface area (Å²) in [6, 6.07) is 3.06. The number of aryl methyl sites for hydroxylation is 2. The molecule has 1 aromatic heterocycles. The van der Waals surface area contributed by atoms with Crippen LogP contribution in [0.4, 0.5) is 0 Å². The predicted octanol–water partition coefficient (Wildman–Crippen LogP) is 1.65. The summed E-state index contributed by atoms with van der Waals surface area (Å²) in [7, 11) is 2.19. The van der Waals surface area contributed by atoms with Gasteiger partial charge in [0.25, 0.3) is 0 Å². The lowest BCUT2D eigenvalue weighted by atomic mass is 10.3. The van der Waals surface area contributed by atoms with Gasteiger partial charge < -0.3 is 5.32 Å². The van der Waals surface area contributed by atoms with E-state index in [4.69, 9.17) is 0 Å². The summed E-state index contributed by atoms with van der Waals surface area (Å²) in [6.07, 6.45) is 3.76. The number of hydrogen-bond acceptors (Lipinski definition) is 3. The van der Waals surface area contributed by atoms with E-state index in [2.05, 4.69) is 47.0 Å². The topological polar surface area (TPSA) is 33.1 Å². The molecule has 1 N–H and O–H groups in total. The Bertz CT molecular complexity index is 368. The smallest absolute Gasteiger partial charge is 0.0625 e. The van der Waals surface area contributed by atoms with Crippen molar-refractivity contribution in [1.29, 1.82) is 0 Å². The van der Waals surface area contributed by atoms with E-state index in [0.29, 0.717) is 0 Å². The lowest BCUT2D eigenvalue weighted by Gasteiger charge is -2.17. The molecule has 4 nitrogen and oxygen atoms in total. The monoisotopic (exact) mass is 250 g/mol. The maximum atomic E-state index is 4.59. The summed E-state index contributed by atoms with van der Waals surface area (Å²) in [5, 5.41) is 8.15. The average Bonchev–Trinajstić information content (AvgIpc) is 3.09. The van der Waals surface area contributed by atoms with Crippen LogP contribution in [0.1, 0.15) is 38.1 Å². The van der Waals surface area contributed by atoms with Gasteiger partial charge in [0, 0.05) is 32.2 Å². The van der Waals surface area contributed by atoms with Crippen LogP contribution in [-0.2, 0) is 19.5 Å². The third-order valence-corrected chi connectivity index (χ3v) is 3.51. The van der Waals surface area contributed by atoms with E-state index in [9.17, 15) is 0 Å². The summed E-state index contributed by atoms with van der Waals surface area (Å²) < 4.78 is 2.13. The molecular weight excluding hydrogens is 224 g/mol. The van der Waals surface area contributed by atoms with Gasteiger partial charge in [-0.3, -0.25) is 9.58 Å². The van der Waals surface area contributed by atoms with Gasteiger partial charge in [-0.15, -0.1) is 0 Å². The molecule has 0 aliphatic heterocycles. The van der Waals surface area contributed by atoms with Gasteiger partial charge in [0.05, 0.1) is 11.4 Å². The van der Waals surface area contributed by atoms with Gasteiger partial charge in [-0.2, -0.15) is 5.10 Å². The molecule has 0 unspecified atom stereocenters. The molecule has 1 heterocycles. The third-order valence-electron chi connectivity index (χ3n) is 3.51. The van der Waals surface area contributed by atoms with Crippen LogP contribution in [0.15, 0.2) is 6.07 Å². The second-order valence-electron chi connectivity index (χ2n) is 5.26. The number of likely N-dealkylation sites (N-methyl/N-ethyl adjacent to an activating group) is 1. The molecule has 0 bridgehead atoms. The van der Waals surface area contributed by atoms with Gasteiger partial charge in [0.1, 0.15) is 0 Å². The van der Waals surface area contributed by atoms with E-state index < -0.39 is 0 Å². The third kappa shape index (κ3) is 3.82. The molecular formula is C14H26N4. The fourth-order valence-electron chi connectivity index (χ4n) is 2.19. The highest BCUT2D eigenvalue weighted by molar-refractivity contribution is 5.10. The summed E-state index contributed by atoms with van der Waals surface area (Å²) >= 11 is 0. The first-order valence-electron chi connectivity index (χ1n) is 7.20. The minimum absolute atomic E-state index is 0.811. The highest BCUT2D eigenvalue weighted by Crippen LogP contribution is 2.18. The largest absolute Gasteiger partial charge is 0.313 e. The first-order valence-corrected chi connectivity index (χ1v) is 7.20. The first-order chi connectivity index (χ1) is 8.72. The zero-order valence-corrected chi connectivity index (χ0v) is 11.9. The van der Waals surface area contributed by atoms with Crippen molar-refractivity contribution in [2.45, 2.75) is 52.2 Å². The second-order valence-corrected chi connectivity index (χ2v) is 5.26. The van der Waals surface area contributed by atoms with Gasteiger partial charge in [-0.25, -0.2) is 0 Å². The van der Waals surface area contributed by atoms with Crippen molar-refractivity contribution in [2.75, 3.05) is 20.1 Å². The fraction of sp³-hybridized carbons (Fsp3) is 0.786. The molecule has 1 saturated carbocycles. The number of hydrogen-bond donors (Lipinski definition) is 1. The summed E-state index contributed by atoms with van der Waals surface area (Å²) in [6.45, 7) is 8.48. The molecule has 0 saturated heterocycles. The molecule has 102 valence electrons. The van der Waals surface area contributed by atoms with Crippen molar-refractivity contribution in [2.24, 2.45) is 0 Å². The minimum Gasteiger partial charge on any atom is -0.313 e. The van der Waals surface area contributed by atoms with Crippen LogP contribution in [0, 0.1) is 0 Å². The van der Waals surface area contributed by atoms with Crippen LogP contribution >= 0.6 is 0 Å². The molecule has 0 radical (unpaired) electrons. The minimum atomic E-state index is 0.811. The average molecular weight is 250 g/mol. The van der Waals surface area contributed by atoms with Crippen LogP contribution in [0.3, 0.4) is 0 Å². The Morgan fingerprint density at radius 1 is 1.44 bits per heavy atom. The summed E-state index contributed by atoms with van der Waals surface area (Å²) in [5.41, 5.74) is 2.54. The molecule has 18 heavy (non-hydrogen) atoms. The van der Waals surface area contributed by atoms with Crippen molar-refractivity contribution in [3.8, 4) is 0 Å². The molecule has 0 atom stereocenters.